The molecule has 0 bridgehead atoms. The quantitative estimate of drug-likeness (QED) is 0.235. The molecule has 17 heteroatoms. The van der Waals surface area contributed by atoms with Gasteiger partial charge >= 0.3 is 19.5 Å². The second kappa shape index (κ2) is 9.50. The number of aromatic nitrogens is 2. The van der Waals surface area contributed by atoms with Crippen LogP contribution in [0.3, 0.4) is 0 Å². The van der Waals surface area contributed by atoms with Crippen molar-refractivity contribution in [1.29, 1.82) is 0 Å². The van der Waals surface area contributed by atoms with E-state index in [1.807, 2.05) is 0 Å². The summed E-state index contributed by atoms with van der Waals surface area (Å²) < 4.78 is 42.9. The summed E-state index contributed by atoms with van der Waals surface area (Å²) in [7, 11) is -4.73. The molecule has 0 spiro atoms. The van der Waals surface area contributed by atoms with Crippen molar-refractivity contribution in [3.05, 3.63) is 32.6 Å². The van der Waals surface area contributed by atoms with Crippen molar-refractivity contribution in [3.8, 4) is 0 Å². The maximum Gasteiger partial charge on any atom is 0.476 e. The number of esters is 1. The fourth-order valence-electron chi connectivity index (χ4n) is 2.51. The number of carbonyl (C=O) groups excluding carboxylic acids is 1. The van der Waals surface area contributed by atoms with E-state index in [1.165, 1.54) is 13.1 Å². The Morgan fingerprint density at radius 1 is 1.41 bits per heavy atom. The third kappa shape index (κ3) is 7.32. The number of nitrogens with zero attached hydrogens (tertiary/aromatic N) is 1. The van der Waals surface area contributed by atoms with Crippen LogP contribution in [0, 0.1) is 6.92 Å². The lowest BCUT2D eigenvalue weighted by atomic mass is 10.2. The normalized spacial score (nSPS) is 23.8. The van der Waals surface area contributed by atoms with Crippen LogP contribution < -0.4 is 17.4 Å². The number of rotatable bonds is 7. The van der Waals surface area contributed by atoms with Gasteiger partial charge in [-0.25, -0.2) is 13.7 Å². The topological polar surface area (TPSA) is 218 Å². The number of nitrogens with one attached hydrogen (secondary N) is 1. The summed E-state index contributed by atoms with van der Waals surface area (Å²) in [5.74, 6) is -0.674. The van der Waals surface area contributed by atoms with Gasteiger partial charge in [0.15, 0.2) is 0 Å². The highest BCUT2D eigenvalue weighted by atomic mass is 31.3. The van der Waals surface area contributed by atoms with Crippen LogP contribution in [0.15, 0.2) is 15.8 Å². The third-order valence-corrected chi connectivity index (χ3v) is 5.86. The maximum absolute atomic E-state index is 12.0. The van der Waals surface area contributed by atoms with E-state index in [4.69, 9.17) is 31.4 Å². The Morgan fingerprint density at radius 2 is 2.03 bits per heavy atom. The highest BCUT2D eigenvalue weighted by Gasteiger charge is 2.40. The standard InChI is InChI=1S/C12H17BN2O11P2.H3N/c1-6-4-15(12(18)14-11(6)17)10-3-8(24-7(2)16)9(25-10)5-23-27(13,19)26-28(20,21)22;/h4,8-10H,3,5H2,1-2H3,(H,14,17,18)(H2,20,21,22);1H3/t8-,9+,10+,27?;/m0./s1. The Hall–Kier alpha value is -1.57. The Labute approximate surface area is 165 Å². The van der Waals surface area contributed by atoms with E-state index in [-0.39, 0.29) is 18.1 Å². The van der Waals surface area contributed by atoms with E-state index < -0.39 is 57.6 Å². The molecule has 14 nitrogen and oxygen atoms in total. The number of phosphoric acid groups is 1. The molecule has 2 radical (unpaired) electrons. The van der Waals surface area contributed by atoms with Crippen LogP contribution in [0.25, 0.3) is 0 Å². The summed E-state index contributed by atoms with van der Waals surface area (Å²) in [5.41, 5.74) is -1.11. The molecule has 1 aliphatic heterocycles. The zero-order valence-electron chi connectivity index (χ0n) is 15.4. The van der Waals surface area contributed by atoms with Crippen LogP contribution in [0.5, 0.6) is 0 Å². The van der Waals surface area contributed by atoms with Gasteiger partial charge in [-0.1, -0.05) is 0 Å². The van der Waals surface area contributed by atoms with Crippen molar-refractivity contribution < 1.29 is 42.0 Å². The van der Waals surface area contributed by atoms with Crippen molar-refractivity contribution in [2.24, 2.45) is 0 Å². The summed E-state index contributed by atoms with van der Waals surface area (Å²) in [6.45, 7) is 1.98. The lowest BCUT2D eigenvalue weighted by Gasteiger charge is -2.21. The summed E-state index contributed by atoms with van der Waals surface area (Å²) in [6, 6.07) is 0. The van der Waals surface area contributed by atoms with E-state index in [0.29, 0.717) is 0 Å². The van der Waals surface area contributed by atoms with Crippen LogP contribution in [0.2, 0.25) is 0 Å². The van der Waals surface area contributed by atoms with E-state index in [9.17, 15) is 23.5 Å². The van der Waals surface area contributed by atoms with Gasteiger partial charge in [-0.05, 0) is 6.92 Å². The molecule has 1 fully saturated rings. The molecule has 6 N–H and O–H groups in total. The predicted molar refractivity (Wildman–Crippen MR) is 97.6 cm³/mol. The highest BCUT2D eigenvalue weighted by molar-refractivity contribution is 7.83. The van der Waals surface area contributed by atoms with Gasteiger partial charge in [-0.15, -0.1) is 0 Å². The lowest BCUT2D eigenvalue weighted by Crippen LogP contribution is -2.33. The fraction of sp³-hybridized carbons (Fsp3) is 0.583. The average Bonchev–Trinajstić information content (AvgIpc) is 2.88. The molecule has 1 saturated heterocycles. The third-order valence-electron chi connectivity index (χ3n) is 3.59. The monoisotopic (exact) mass is 455 g/mol. The first-order chi connectivity index (χ1) is 12.8. The Kier molecular flexibility index (Phi) is 8.34. The summed E-state index contributed by atoms with van der Waals surface area (Å²) in [4.78, 5) is 54.2. The molecule has 1 aromatic rings. The fourth-order valence-corrected chi connectivity index (χ4v) is 4.24. The first kappa shape index (κ1) is 25.5. The number of carbonyl (C=O) groups is 1. The van der Waals surface area contributed by atoms with Crippen molar-refractivity contribution in [3.63, 3.8) is 0 Å². The molecule has 1 aromatic heterocycles. The first-order valence-electron chi connectivity index (χ1n) is 7.72. The Balaban J connectivity index is 0.00000420. The number of aryl methyl sites for hydroxylation is 1. The second-order valence-corrected chi connectivity index (χ2v) is 8.87. The smallest absolute Gasteiger partial charge is 0.460 e. The molecule has 0 amide bonds. The Bertz CT molecular complexity index is 957. The van der Waals surface area contributed by atoms with Crippen LogP contribution in [-0.4, -0.2) is 51.7 Å². The summed E-state index contributed by atoms with van der Waals surface area (Å²) in [6.07, 6.45) is -1.79. The van der Waals surface area contributed by atoms with Crippen molar-refractivity contribution in [1.82, 2.24) is 15.7 Å². The van der Waals surface area contributed by atoms with Crippen molar-refractivity contribution in [2.45, 2.75) is 38.7 Å². The molecule has 2 heterocycles. The summed E-state index contributed by atoms with van der Waals surface area (Å²) in [5, 5.41) is 0. The zero-order valence-corrected chi connectivity index (χ0v) is 17.2. The maximum atomic E-state index is 12.0. The van der Waals surface area contributed by atoms with Crippen molar-refractivity contribution >= 4 is 28.8 Å². The van der Waals surface area contributed by atoms with Gasteiger partial charge in [-0.2, -0.15) is 0 Å². The number of hydrogen-bond acceptors (Lipinski definition) is 10. The molecule has 2 rings (SSSR count). The molecule has 162 valence electrons. The summed E-state index contributed by atoms with van der Waals surface area (Å²) >= 11 is 0. The lowest BCUT2D eigenvalue weighted by molar-refractivity contribution is -0.150. The average molecular weight is 455 g/mol. The van der Waals surface area contributed by atoms with Gasteiger partial charge in [0.05, 0.1) is 6.61 Å². The van der Waals surface area contributed by atoms with Gasteiger partial charge in [0, 0.05) is 25.1 Å². The second-order valence-electron chi connectivity index (χ2n) is 5.90. The number of ether oxygens (including phenoxy) is 2. The molecule has 1 unspecified atom stereocenters. The van der Waals surface area contributed by atoms with Gasteiger partial charge in [-0.3, -0.25) is 23.7 Å². The first-order valence-corrected chi connectivity index (χ1v) is 10.9. The zero-order chi connectivity index (χ0) is 21.3. The van der Waals surface area contributed by atoms with Crippen LogP contribution in [0.4, 0.5) is 0 Å². The van der Waals surface area contributed by atoms with E-state index in [1.54, 1.807) is 0 Å². The molecule has 0 aromatic carbocycles. The minimum atomic E-state index is -5.18. The molecular weight excluding hydrogens is 435 g/mol. The van der Waals surface area contributed by atoms with Crippen LogP contribution in [-0.2, 0) is 32.2 Å². The molecule has 4 atom stereocenters. The Morgan fingerprint density at radius 3 is 2.59 bits per heavy atom. The van der Waals surface area contributed by atoms with Crippen LogP contribution in [0.1, 0.15) is 25.1 Å². The highest BCUT2D eigenvalue weighted by Crippen LogP contribution is 2.57. The molecular formula is C12H20BN3O11P2. The number of H-pyrrole nitrogens is 1. The minimum absolute atomic E-state index is 0. The van der Waals surface area contributed by atoms with E-state index in [2.05, 4.69) is 9.29 Å². The van der Waals surface area contributed by atoms with Gasteiger partial charge in [0.1, 0.15) is 18.4 Å². The largest absolute Gasteiger partial charge is 0.476 e. The predicted octanol–water partition coefficient (Wildman–Crippen LogP) is -0.371. The molecule has 1 aliphatic rings. The molecule has 29 heavy (non-hydrogen) atoms. The van der Waals surface area contributed by atoms with Gasteiger partial charge in [0.25, 0.3) is 13.0 Å². The molecule has 0 saturated carbocycles. The van der Waals surface area contributed by atoms with Crippen LogP contribution >= 0.6 is 15.3 Å². The van der Waals surface area contributed by atoms with Gasteiger partial charge < -0.3 is 29.9 Å². The van der Waals surface area contributed by atoms with Gasteiger partial charge in [0.2, 0.25) is 7.57 Å². The molecule has 0 aliphatic carbocycles. The number of hydrogen-bond donors (Lipinski definition) is 4. The van der Waals surface area contributed by atoms with E-state index in [0.717, 1.165) is 11.5 Å². The van der Waals surface area contributed by atoms with E-state index >= 15 is 0 Å². The SMILES string of the molecule is N.[B]P(=O)(OC[C@H]1O[C@@H](n2cc(C)c(=O)[nH]c2=O)C[C@@H]1OC(C)=O)OP(=O)(O)O. The van der Waals surface area contributed by atoms with Crippen molar-refractivity contribution in [2.75, 3.05) is 6.61 Å². The minimum Gasteiger partial charge on any atom is -0.460 e. The number of aromatic amines is 1.